The van der Waals surface area contributed by atoms with Gasteiger partial charge in [0.1, 0.15) is 5.82 Å². The highest BCUT2D eigenvalue weighted by atomic mass is 16.4. The molecule has 0 aliphatic rings. The van der Waals surface area contributed by atoms with Gasteiger partial charge in [-0.1, -0.05) is 0 Å². The standard InChI is InChI=1S/C10H16N4O3/c1-14(7-8-11-5-6-12-8)10(17)13-4-2-3-9(15)16/h5-6H,2-4,7H2,1H3,(H,11,12)(H,13,17)(H,15,16). The van der Waals surface area contributed by atoms with E-state index in [1.165, 1.54) is 4.90 Å². The molecule has 2 amide bonds. The van der Waals surface area contributed by atoms with E-state index in [9.17, 15) is 9.59 Å². The molecule has 0 fully saturated rings. The number of carbonyl (C=O) groups excluding carboxylic acids is 1. The highest BCUT2D eigenvalue weighted by Crippen LogP contribution is 1.96. The van der Waals surface area contributed by atoms with Gasteiger partial charge in [0.25, 0.3) is 0 Å². The monoisotopic (exact) mass is 240 g/mol. The van der Waals surface area contributed by atoms with Crippen LogP contribution in [0.2, 0.25) is 0 Å². The van der Waals surface area contributed by atoms with Crippen LogP contribution in [-0.4, -0.2) is 45.6 Å². The molecule has 0 aliphatic heterocycles. The first kappa shape index (κ1) is 13.0. The number of H-pyrrole nitrogens is 1. The molecule has 1 aromatic heterocycles. The van der Waals surface area contributed by atoms with Gasteiger partial charge in [-0.3, -0.25) is 4.79 Å². The summed E-state index contributed by atoms with van der Waals surface area (Å²) in [6, 6.07) is -0.244. The number of nitrogens with zero attached hydrogens (tertiary/aromatic N) is 2. The number of imidazole rings is 1. The normalized spacial score (nSPS) is 9.94. The maximum Gasteiger partial charge on any atom is 0.317 e. The summed E-state index contributed by atoms with van der Waals surface area (Å²) in [4.78, 5) is 30.2. The van der Waals surface area contributed by atoms with Crippen LogP contribution in [-0.2, 0) is 11.3 Å². The van der Waals surface area contributed by atoms with E-state index in [4.69, 9.17) is 5.11 Å². The summed E-state index contributed by atoms with van der Waals surface area (Å²) in [5, 5.41) is 11.1. The maximum absolute atomic E-state index is 11.5. The molecule has 17 heavy (non-hydrogen) atoms. The van der Waals surface area contributed by atoms with Gasteiger partial charge < -0.3 is 20.3 Å². The van der Waals surface area contributed by atoms with E-state index in [1.54, 1.807) is 19.4 Å². The van der Waals surface area contributed by atoms with Crippen LogP contribution < -0.4 is 5.32 Å². The van der Waals surface area contributed by atoms with Crippen LogP contribution in [0.1, 0.15) is 18.7 Å². The lowest BCUT2D eigenvalue weighted by atomic mass is 10.3. The summed E-state index contributed by atoms with van der Waals surface area (Å²) in [5.41, 5.74) is 0. The SMILES string of the molecule is CN(Cc1ncc[nH]1)C(=O)NCCCC(=O)O. The largest absolute Gasteiger partial charge is 0.481 e. The van der Waals surface area contributed by atoms with Gasteiger partial charge in [0.05, 0.1) is 6.54 Å². The lowest BCUT2D eigenvalue weighted by Crippen LogP contribution is -2.37. The van der Waals surface area contributed by atoms with E-state index in [0.29, 0.717) is 25.3 Å². The lowest BCUT2D eigenvalue weighted by Gasteiger charge is -2.16. The van der Waals surface area contributed by atoms with Crippen molar-refractivity contribution in [3.8, 4) is 0 Å². The molecule has 7 heteroatoms. The number of carboxylic acids is 1. The molecule has 94 valence electrons. The number of aromatic amines is 1. The molecule has 7 nitrogen and oxygen atoms in total. The number of urea groups is 1. The second-order valence-corrected chi connectivity index (χ2v) is 3.62. The summed E-state index contributed by atoms with van der Waals surface area (Å²) in [5.74, 6) is -0.156. The first-order chi connectivity index (χ1) is 8.09. The smallest absolute Gasteiger partial charge is 0.317 e. The third kappa shape index (κ3) is 5.01. The Hall–Kier alpha value is -2.05. The highest BCUT2D eigenvalue weighted by molar-refractivity contribution is 5.73. The molecule has 0 saturated carbocycles. The van der Waals surface area contributed by atoms with Gasteiger partial charge in [-0.2, -0.15) is 0 Å². The van der Waals surface area contributed by atoms with Crippen LogP contribution in [0.15, 0.2) is 12.4 Å². The molecule has 3 N–H and O–H groups in total. The minimum atomic E-state index is -0.858. The minimum Gasteiger partial charge on any atom is -0.481 e. The summed E-state index contributed by atoms with van der Waals surface area (Å²) < 4.78 is 0. The molecular weight excluding hydrogens is 224 g/mol. The van der Waals surface area contributed by atoms with Crippen LogP contribution >= 0.6 is 0 Å². The third-order valence-electron chi connectivity index (χ3n) is 2.13. The Labute approximate surface area is 98.8 Å². The van der Waals surface area contributed by atoms with Gasteiger partial charge >= 0.3 is 12.0 Å². The fourth-order valence-corrected chi connectivity index (χ4v) is 1.25. The predicted octanol–water partition coefficient (Wildman–Crippen LogP) is 0.416. The van der Waals surface area contributed by atoms with Gasteiger partial charge in [0.15, 0.2) is 0 Å². The summed E-state index contributed by atoms with van der Waals surface area (Å²) in [6.45, 7) is 0.741. The molecule has 1 heterocycles. The second kappa shape index (κ2) is 6.51. The molecule has 0 unspecified atom stereocenters. The Morgan fingerprint density at radius 3 is 2.94 bits per heavy atom. The Morgan fingerprint density at radius 2 is 2.35 bits per heavy atom. The van der Waals surface area contributed by atoms with Crippen molar-refractivity contribution in [2.75, 3.05) is 13.6 Å². The lowest BCUT2D eigenvalue weighted by molar-refractivity contribution is -0.137. The average molecular weight is 240 g/mol. The Balaban J connectivity index is 2.20. The minimum absolute atomic E-state index is 0.0577. The van der Waals surface area contributed by atoms with Crippen LogP contribution in [0.4, 0.5) is 4.79 Å². The van der Waals surface area contributed by atoms with E-state index in [-0.39, 0.29) is 12.5 Å². The molecule has 1 rings (SSSR count). The van der Waals surface area contributed by atoms with Gasteiger partial charge in [0, 0.05) is 32.4 Å². The van der Waals surface area contributed by atoms with Crippen molar-refractivity contribution >= 4 is 12.0 Å². The maximum atomic E-state index is 11.5. The molecule has 0 saturated heterocycles. The van der Waals surface area contributed by atoms with E-state index >= 15 is 0 Å². The number of amides is 2. The number of rotatable bonds is 6. The van der Waals surface area contributed by atoms with Crippen molar-refractivity contribution < 1.29 is 14.7 Å². The summed E-state index contributed by atoms with van der Waals surface area (Å²) in [6.07, 6.45) is 3.79. The number of carboxylic acid groups (broad SMARTS) is 1. The fourth-order valence-electron chi connectivity index (χ4n) is 1.25. The first-order valence-electron chi connectivity index (χ1n) is 5.28. The molecule has 0 bridgehead atoms. The van der Waals surface area contributed by atoms with Gasteiger partial charge in [-0.25, -0.2) is 9.78 Å². The Morgan fingerprint density at radius 1 is 1.59 bits per heavy atom. The number of aromatic nitrogens is 2. The zero-order valence-electron chi connectivity index (χ0n) is 9.64. The van der Waals surface area contributed by atoms with E-state index in [1.807, 2.05) is 0 Å². The van der Waals surface area contributed by atoms with Crippen molar-refractivity contribution in [3.63, 3.8) is 0 Å². The van der Waals surface area contributed by atoms with Crippen molar-refractivity contribution in [1.82, 2.24) is 20.2 Å². The molecule has 0 aromatic carbocycles. The number of hydrogen-bond acceptors (Lipinski definition) is 3. The highest BCUT2D eigenvalue weighted by Gasteiger charge is 2.09. The Bertz CT molecular complexity index is 364. The second-order valence-electron chi connectivity index (χ2n) is 3.62. The number of hydrogen-bond donors (Lipinski definition) is 3. The predicted molar refractivity (Wildman–Crippen MR) is 60.3 cm³/mol. The van der Waals surface area contributed by atoms with Crippen molar-refractivity contribution in [2.24, 2.45) is 0 Å². The van der Waals surface area contributed by atoms with Gasteiger partial charge in [-0.05, 0) is 6.42 Å². The molecule has 1 aromatic rings. The number of aliphatic carboxylic acids is 1. The summed E-state index contributed by atoms with van der Waals surface area (Å²) >= 11 is 0. The quantitative estimate of drug-likeness (QED) is 0.627. The molecule has 0 radical (unpaired) electrons. The Kier molecular flexibility index (Phi) is 4.99. The fraction of sp³-hybridized carbons (Fsp3) is 0.500. The van der Waals surface area contributed by atoms with E-state index in [2.05, 4.69) is 15.3 Å². The van der Waals surface area contributed by atoms with Crippen molar-refractivity contribution in [1.29, 1.82) is 0 Å². The van der Waals surface area contributed by atoms with Crippen LogP contribution in [0.25, 0.3) is 0 Å². The topological polar surface area (TPSA) is 98.3 Å². The molecule has 0 spiro atoms. The molecule has 0 aliphatic carbocycles. The van der Waals surface area contributed by atoms with Crippen LogP contribution in [0, 0.1) is 0 Å². The van der Waals surface area contributed by atoms with Gasteiger partial charge in [0.2, 0.25) is 0 Å². The third-order valence-corrected chi connectivity index (χ3v) is 2.13. The molecular formula is C10H16N4O3. The zero-order chi connectivity index (χ0) is 12.7. The van der Waals surface area contributed by atoms with E-state index < -0.39 is 5.97 Å². The zero-order valence-corrected chi connectivity index (χ0v) is 9.64. The number of carbonyl (C=O) groups is 2. The average Bonchev–Trinajstić information content (AvgIpc) is 2.76. The molecule has 0 atom stereocenters. The summed E-state index contributed by atoms with van der Waals surface area (Å²) in [7, 11) is 1.65. The van der Waals surface area contributed by atoms with Gasteiger partial charge in [-0.15, -0.1) is 0 Å². The number of nitrogens with one attached hydrogen (secondary N) is 2. The van der Waals surface area contributed by atoms with E-state index in [0.717, 1.165) is 0 Å². The van der Waals surface area contributed by atoms with Crippen LogP contribution in [0.5, 0.6) is 0 Å². The first-order valence-corrected chi connectivity index (χ1v) is 5.28. The van der Waals surface area contributed by atoms with Crippen molar-refractivity contribution in [2.45, 2.75) is 19.4 Å². The van der Waals surface area contributed by atoms with Crippen molar-refractivity contribution in [3.05, 3.63) is 18.2 Å². The van der Waals surface area contributed by atoms with Crippen LogP contribution in [0.3, 0.4) is 0 Å².